The van der Waals surface area contributed by atoms with Crippen molar-refractivity contribution in [3.8, 4) is 0 Å². The fourth-order valence-electron chi connectivity index (χ4n) is 13.5. The Kier molecular flexibility index (Phi) is 9.76. The average molecular weight is 807 g/mol. The van der Waals surface area contributed by atoms with Crippen molar-refractivity contribution in [1.29, 1.82) is 0 Å². The van der Waals surface area contributed by atoms with E-state index in [2.05, 4.69) is 203 Å². The summed E-state index contributed by atoms with van der Waals surface area (Å²) in [5.41, 5.74) is 6.51. The second kappa shape index (κ2) is 12.9. The molecule has 0 N–H and O–H groups in total. The molecule has 6 aliphatic carbocycles. The van der Waals surface area contributed by atoms with E-state index in [4.69, 9.17) is 0 Å². The molecule has 2 saturated carbocycles. The average Bonchev–Trinajstić information content (AvgIpc) is 3.67. The Morgan fingerprint density at radius 3 is 1.65 bits per heavy atom. The fraction of sp³-hybridized carbons (Fsp3) is 0.408. The van der Waals surface area contributed by atoms with E-state index >= 15 is 0 Å². The third-order valence-corrected chi connectivity index (χ3v) is 26.0. The van der Waals surface area contributed by atoms with Gasteiger partial charge < -0.3 is 24.8 Å². The predicted molar refractivity (Wildman–Crippen MR) is 211 cm³/mol. The SMILES string of the molecule is CC1=CC=CC2[CH]([Zr+2]([C]3=CC=CC3)=[C](c3cccc(C)c3)c3cccc(C)c3)C3(C)C4(C)C=CC=CC4(C)C4(C)C=CC=CC4(C)C3(C)C12C.[Cl-].[Cl-]. The van der Waals surface area contributed by atoms with E-state index < -0.39 is 21.3 Å². The fourth-order valence-corrected chi connectivity index (χ4v) is 24.6. The van der Waals surface area contributed by atoms with Crippen LogP contribution in [0.25, 0.3) is 0 Å². The van der Waals surface area contributed by atoms with Crippen LogP contribution >= 0.6 is 0 Å². The van der Waals surface area contributed by atoms with Crippen LogP contribution in [0.3, 0.4) is 0 Å². The van der Waals surface area contributed by atoms with Crippen LogP contribution in [0.5, 0.6) is 0 Å². The van der Waals surface area contributed by atoms with Gasteiger partial charge in [-0.3, -0.25) is 0 Å². The van der Waals surface area contributed by atoms with Gasteiger partial charge in [0.2, 0.25) is 0 Å². The van der Waals surface area contributed by atoms with Crippen LogP contribution in [-0.2, 0) is 21.3 Å². The summed E-state index contributed by atoms with van der Waals surface area (Å²) in [6.45, 7) is 25.9. The summed E-state index contributed by atoms with van der Waals surface area (Å²) in [4.78, 5) is 0. The Bertz CT molecular complexity index is 2060. The van der Waals surface area contributed by atoms with Gasteiger partial charge in [0, 0.05) is 0 Å². The monoisotopic (exact) mass is 804 g/mol. The van der Waals surface area contributed by atoms with E-state index in [1.165, 1.54) is 22.3 Å². The summed E-state index contributed by atoms with van der Waals surface area (Å²) in [6, 6.07) is 19.0. The number of fused-ring (bicyclic) bond motifs is 8. The molecule has 9 unspecified atom stereocenters. The van der Waals surface area contributed by atoms with E-state index in [1.54, 1.807) is 12.1 Å². The maximum absolute atomic E-state index is 2.95. The summed E-state index contributed by atoms with van der Waals surface area (Å²) in [7, 11) is 0. The van der Waals surface area contributed by atoms with Gasteiger partial charge in [-0.1, -0.05) is 0 Å². The third kappa shape index (κ3) is 4.40. The summed E-state index contributed by atoms with van der Waals surface area (Å²) < 4.78 is 3.94. The minimum absolute atomic E-state index is 0. The normalized spacial score (nSPS) is 39.9. The first-order valence-electron chi connectivity index (χ1n) is 19.0. The predicted octanol–water partition coefficient (Wildman–Crippen LogP) is 6.59. The summed E-state index contributed by atoms with van der Waals surface area (Å²) >= 11 is -2.95. The Balaban J connectivity index is 0.00000232. The molecule has 6 aliphatic rings. The summed E-state index contributed by atoms with van der Waals surface area (Å²) in [5.74, 6) is 0.418. The molecule has 0 bridgehead atoms. The Morgan fingerprint density at radius 2 is 1.13 bits per heavy atom. The van der Waals surface area contributed by atoms with Gasteiger partial charge in [-0.25, -0.2) is 0 Å². The summed E-state index contributed by atoms with van der Waals surface area (Å²) in [6.07, 6.45) is 36.2. The molecule has 2 fully saturated rings. The molecule has 0 saturated heterocycles. The molecule has 0 nitrogen and oxygen atoms in total. The molecule has 3 heteroatoms. The van der Waals surface area contributed by atoms with Gasteiger partial charge in [-0.15, -0.1) is 0 Å². The molecule has 0 aromatic heterocycles. The molecule has 8 rings (SSSR count). The van der Waals surface area contributed by atoms with Gasteiger partial charge in [-0.2, -0.15) is 0 Å². The molecule has 0 radical (unpaired) electrons. The van der Waals surface area contributed by atoms with Gasteiger partial charge in [0.15, 0.2) is 0 Å². The van der Waals surface area contributed by atoms with E-state index in [0.29, 0.717) is 9.54 Å². The van der Waals surface area contributed by atoms with E-state index in [-0.39, 0.29) is 62.7 Å². The van der Waals surface area contributed by atoms with Crippen molar-refractivity contribution < 1.29 is 46.1 Å². The van der Waals surface area contributed by atoms with Crippen LogP contribution in [0.4, 0.5) is 0 Å². The summed E-state index contributed by atoms with van der Waals surface area (Å²) in [5, 5.41) is 0. The second-order valence-corrected chi connectivity index (χ2v) is 24.2. The van der Waals surface area contributed by atoms with Crippen LogP contribution in [0, 0.1) is 57.7 Å². The van der Waals surface area contributed by atoms with Crippen LogP contribution in [0.15, 0.2) is 142 Å². The molecule has 2 aromatic rings. The van der Waals surface area contributed by atoms with Gasteiger partial charge in [0.25, 0.3) is 0 Å². The first kappa shape index (κ1) is 39.4. The molecule has 0 amide bonds. The molecule has 0 spiro atoms. The van der Waals surface area contributed by atoms with Crippen molar-refractivity contribution in [1.82, 2.24) is 0 Å². The van der Waals surface area contributed by atoms with Gasteiger partial charge in [0.1, 0.15) is 0 Å². The van der Waals surface area contributed by atoms with Crippen LogP contribution < -0.4 is 24.8 Å². The van der Waals surface area contributed by atoms with Crippen molar-refractivity contribution in [3.05, 3.63) is 165 Å². The Labute approximate surface area is 334 Å². The number of rotatable bonds is 4. The minimum atomic E-state index is -2.95. The third-order valence-electron chi connectivity index (χ3n) is 16.8. The van der Waals surface area contributed by atoms with E-state index in [1.807, 2.05) is 0 Å². The van der Waals surface area contributed by atoms with Crippen molar-refractivity contribution in [2.24, 2.45) is 43.8 Å². The van der Waals surface area contributed by atoms with Crippen LogP contribution in [0.2, 0.25) is 3.63 Å². The molecular formula is C49H56Cl2Zr. The quantitative estimate of drug-likeness (QED) is 0.328. The van der Waals surface area contributed by atoms with Crippen LogP contribution in [-0.4, -0.2) is 3.21 Å². The number of hydrogen-bond acceptors (Lipinski definition) is 0. The first-order valence-corrected chi connectivity index (χ1v) is 22.9. The van der Waals surface area contributed by atoms with Gasteiger partial charge in [0.05, 0.1) is 0 Å². The van der Waals surface area contributed by atoms with Crippen LogP contribution in [0.1, 0.15) is 84.1 Å². The van der Waals surface area contributed by atoms with E-state index in [0.717, 1.165) is 6.42 Å². The zero-order valence-electron chi connectivity index (χ0n) is 32.8. The Morgan fingerprint density at radius 1 is 0.615 bits per heavy atom. The first-order chi connectivity index (χ1) is 23.7. The van der Waals surface area contributed by atoms with Gasteiger partial charge >= 0.3 is 312 Å². The zero-order valence-corrected chi connectivity index (χ0v) is 36.8. The molecule has 2 aromatic carbocycles. The van der Waals surface area contributed by atoms with Gasteiger partial charge in [-0.05, 0) is 0 Å². The maximum atomic E-state index is 2.81. The minimum Gasteiger partial charge on any atom is -1.00 e. The number of halogens is 2. The molecular weight excluding hydrogens is 751 g/mol. The smallest absolute Gasteiger partial charge is 1.00 e. The second-order valence-electron chi connectivity index (χ2n) is 17.9. The Hall–Kier alpha value is -2.31. The number of allylic oxidation sites excluding steroid dienone is 16. The molecule has 52 heavy (non-hydrogen) atoms. The standard InChI is InChI=1S/C29H37.C15H14.C5H5.2ClH.Zr/c1-21-14-13-15-22-20-27(6)25(4)18-10-9-16-23(25,2)24(3)17-11-12-19-26(24,5)29(27,8)28(21,22)7;1-12-5-3-7-14(9-12)11-15-8-4-6-13(2)10-15;1-2-4-5-3-1;;;/h9-20,22H,1-8H3;3-10H,1-2H3;1-3H,4H2;2*1H;/q;;;;;+2/p-2. The topological polar surface area (TPSA) is 0 Å². The molecule has 9 atom stereocenters. The van der Waals surface area contributed by atoms with Crippen molar-refractivity contribution in [2.75, 3.05) is 0 Å². The molecule has 0 heterocycles. The largest absolute Gasteiger partial charge is 1.00 e. The van der Waals surface area contributed by atoms with Crippen molar-refractivity contribution >= 4 is 3.21 Å². The zero-order chi connectivity index (χ0) is 35.5. The van der Waals surface area contributed by atoms with Crippen molar-refractivity contribution in [3.63, 3.8) is 0 Å². The number of hydrogen-bond donors (Lipinski definition) is 0. The van der Waals surface area contributed by atoms with Crippen molar-refractivity contribution in [2.45, 2.75) is 79.3 Å². The molecule has 270 valence electrons. The molecule has 0 aliphatic heterocycles. The van der Waals surface area contributed by atoms with E-state index in [9.17, 15) is 0 Å². The maximum Gasteiger partial charge on any atom is -1.00 e. The number of benzene rings is 2. The number of aryl methyl sites for hydroxylation is 2.